The van der Waals surface area contributed by atoms with Gasteiger partial charge in [-0.3, -0.25) is 14.4 Å². The third-order valence-electron chi connectivity index (χ3n) is 6.43. The Bertz CT molecular complexity index is 969. The summed E-state index contributed by atoms with van der Waals surface area (Å²) in [6, 6.07) is 7.50. The SMILES string of the molecule is COC(=O)CCNC(=O)[C@@H]1C[C@H]2CCN(C(=O)c3cc4c(OC)cccc4[nH]3)C[C@H]21. The summed E-state index contributed by atoms with van der Waals surface area (Å²) in [4.78, 5) is 41.8. The molecule has 1 saturated carbocycles. The molecule has 3 atom stereocenters. The van der Waals surface area contributed by atoms with Gasteiger partial charge in [-0.15, -0.1) is 0 Å². The lowest BCUT2D eigenvalue weighted by molar-refractivity contribution is -0.141. The average Bonchev–Trinajstić information content (AvgIpc) is 3.18. The van der Waals surface area contributed by atoms with Gasteiger partial charge in [0, 0.05) is 36.5 Å². The Morgan fingerprint density at radius 3 is 2.87 bits per heavy atom. The second kappa shape index (κ2) is 8.38. The largest absolute Gasteiger partial charge is 0.496 e. The lowest BCUT2D eigenvalue weighted by Crippen LogP contribution is -2.56. The lowest BCUT2D eigenvalue weighted by atomic mass is 9.61. The Hall–Kier alpha value is -3.03. The molecule has 2 aliphatic rings. The summed E-state index contributed by atoms with van der Waals surface area (Å²) in [5.74, 6) is 0.836. The van der Waals surface area contributed by atoms with Crippen molar-refractivity contribution in [1.82, 2.24) is 15.2 Å². The van der Waals surface area contributed by atoms with Crippen molar-refractivity contribution in [1.29, 1.82) is 0 Å². The average molecular weight is 413 g/mol. The van der Waals surface area contributed by atoms with E-state index in [1.165, 1.54) is 7.11 Å². The van der Waals surface area contributed by atoms with E-state index < -0.39 is 0 Å². The Morgan fingerprint density at radius 1 is 1.27 bits per heavy atom. The first-order chi connectivity index (χ1) is 14.5. The number of aromatic nitrogens is 1. The van der Waals surface area contributed by atoms with Crippen LogP contribution >= 0.6 is 0 Å². The maximum atomic E-state index is 13.1. The number of fused-ring (bicyclic) bond motifs is 2. The summed E-state index contributed by atoms with van der Waals surface area (Å²) in [5, 5.41) is 3.71. The minimum Gasteiger partial charge on any atom is -0.496 e. The number of esters is 1. The number of amides is 2. The van der Waals surface area contributed by atoms with Crippen molar-refractivity contribution in [2.24, 2.45) is 17.8 Å². The topological polar surface area (TPSA) is 101 Å². The van der Waals surface area contributed by atoms with Gasteiger partial charge in [-0.25, -0.2) is 0 Å². The van der Waals surface area contributed by atoms with Crippen molar-refractivity contribution in [2.45, 2.75) is 19.3 Å². The molecule has 0 bridgehead atoms. The van der Waals surface area contributed by atoms with Crippen LogP contribution in [-0.2, 0) is 14.3 Å². The number of nitrogens with one attached hydrogen (secondary N) is 2. The van der Waals surface area contributed by atoms with Gasteiger partial charge < -0.3 is 24.7 Å². The second-order valence-electron chi connectivity index (χ2n) is 8.03. The number of ether oxygens (including phenoxy) is 2. The van der Waals surface area contributed by atoms with Crippen LogP contribution in [0.1, 0.15) is 29.8 Å². The lowest BCUT2D eigenvalue weighted by Gasteiger charge is -2.50. The van der Waals surface area contributed by atoms with Crippen LogP contribution in [0.15, 0.2) is 24.3 Å². The number of aromatic amines is 1. The van der Waals surface area contributed by atoms with Gasteiger partial charge in [0.1, 0.15) is 11.4 Å². The summed E-state index contributed by atoms with van der Waals surface area (Å²) >= 11 is 0. The van der Waals surface area contributed by atoms with Gasteiger partial charge in [0.25, 0.3) is 5.91 Å². The highest BCUT2D eigenvalue weighted by atomic mass is 16.5. The van der Waals surface area contributed by atoms with Crippen molar-refractivity contribution in [3.63, 3.8) is 0 Å². The molecule has 1 saturated heterocycles. The number of carbonyl (C=O) groups is 3. The fourth-order valence-electron chi connectivity index (χ4n) is 4.68. The number of piperidine rings is 1. The highest BCUT2D eigenvalue weighted by molar-refractivity contribution is 5.99. The zero-order valence-electron chi connectivity index (χ0n) is 17.3. The van der Waals surface area contributed by atoms with Gasteiger partial charge >= 0.3 is 5.97 Å². The highest BCUT2D eigenvalue weighted by Crippen LogP contribution is 2.46. The predicted molar refractivity (Wildman–Crippen MR) is 110 cm³/mol. The van der Waals surface area contributed by atoms with Crippen LogP contribution < -0.4 is 10.1 Å². The normalized spacial score (nSPS) is 22.7. The minimum absolute atomic E-state index is 0.0372. The Kier molecular flexibility index (Phi) is 5.65. The molecule has 0 spiro atoms. The van der Waals surface area contributed by atoms with Crippen molar-refractivity contribution in [3.8, 4) is 5.75 Å². The van der Waals surface area contributed by atoms with E-state index in [2.05, 4.69) is 15.0 Å². The molecule has 0 unspecified atom stereocenters. The van der Waals surface area contributed by atoms with Gasteiger partial charge in [-0.05, 0) is 42.9 Å². The van der Waals surface area contributed by atoms with Gasteiger partial charge in [0.2, 0.25) is 5.91 Å². The first-order valence-electron chi connectivity index (χ1n) is 10.3. The van der Waals surface area contributed by atoms with Gasteiger partial charge in [-0.1, -0.05) is 6.07 Å². The van der Waals surface area contributed by atoms with E-state index in [0.29, 0.717) is 24.7 Å². The third-order valence-corrected chi connectivity index (χ3v) is 6.43. The summed E-state index contributed by atoms with van der Waals surface area (Å²) in [6.07, 6.45) is 1.92. The summed E-state index contributed by atoms with van der Waals surface area (Å²) in [5.41, 5.74) is 1.39. The van der Waals surface area contributed by atoms with Crippen LogP contribution in [0.4, 0.5) is 0 Å². The van der Waals surface area contributed by atoms with Crippen LogP contribution in [-0.4, -0.2) is 61.5 Å². The maximum absolute atomic E-state index is 13.1. The zero-order chi connectivity index (χ0) is 21.3. The smallest absolute Gasteiger partial charge is 0.307 e. The fraction of sp³-hybridized carbons (Fsp3) is 0.500. The van der Waals surface area contributed by atoms with E-state index in [9.17, 15) is 14.4 Å². The van der Waals surface area contributed by atoms with Gasteiger partial charge in [-0.2, -0.15) is 0 Å². The van der Waals surface area contributed by atoms with Crippen LogP contribution in [0.25, 0.3) is 10.9 Å². The molecule has 2 amide bonds. The summed E-state index contributed by atoms with van der Waals surface area (Å²) in [7, 11) is 2.94. The van der Waals surface area contributed by atoms with Crippen molar-refractivity contribution >= 4 is 28.7 Å². The molecular formula is C22H27N3O5. The molecule has 1 aromatic carbocycles. The van der Waals surface area contributed by atoms with E-state index in [-0.39, 0.29) is 42.6 Å². The molecule has 1 aromatic heterocycles. The zero-order valence-corrected chi connectivity index (χ0v) is 17.3. The first kappa shape index (κ1) is 20.3. The number of H-pyrrole nitrogens is 1. The number of hydrogen-bond acceptors (Lipinski definition) is 5. The highest BCUT2D eigenvalue weighted by Gasteiger charge is 2.48. The van der Waals surface area contributed by atoms with Crippen molar-refractivity contribution < 1.29 is 23.9 Å². The number of nitrogens with zero attached hydrogens (tertiary/aromatic N) is 1. The minimum atomic E-state index is -0.341. The number of methoxy groups -OCH3 is 2. The molecule has 8 nitrogen and oxygen atoms in total. The van der Waals surface area contributed by atoms with Crippen LogP contribution in [0, 0.1) is 17.8 Å². The number of hydrogen-bond donors (Lipinski definition) is 2. The third kappa shape index (κ3) is 3.74. The molecule has 4 rings (SSSR count). The molecular weight excluding hydrogens is 386 g/mol. The number of likely N-dealkylation sites (tertiary alicyclic amines) is 1. The second-order valence-corrected chi connectivity index (χ2v) is 8.03. The van der Waals surface area contributed by atoms with E-state index in [1.807, 2.05) is 29.2 Å². The Morgan fingerprint density at radius 2 is 2.10 bits per heavy atom. The molecule has 8 heteroatoms. The van der Waals surface area contributed by atoms with Crippen LogP contribution in [0.5, 0.6) is 5.75 Å². The van der Waals surface area contributed by atoms with E-state index in [1.54, 1.807) is 7.11 Å². The Balaban J connectivity index is 1.39. The summed E-state index contributed by atoms with van der Waals surface area (Å²) in [6.45, 7) is 1.55. The van der Waals surface area contributed by atoms with E-state index in [0.717, 1.165) is 29.5 Å². The molecule has 1 aliphatic heterocycles. The standard InChI is InChI=1S/C22H27N3O5/c1-29-19-5-3-4-17-15(19)11-18(24-17)22(28)25-9-7-13-10-14(16(13)12-25)21(27)23-8-6-20(26)30-2/h3-5,11,13-14,16,24H,6-10,12H2,1-2H3,(H,23,27)/t13-,14-,16-/m1/s1. The van der Waals surface area contributed by atoms with Gasteiger partial charge in [0.15, 0.2) is 0 Å². The van der Waals surface area contributed by atoms with Crippen LogP contribution in [0.3, 0.4) is 0 Å². The molecule has 1 aliphatic carbocycles. The van der Waals surface area contributed by atoms with Crippen molar-refractivity contribution in [2.75, 3.05) is 33.9 Å². The first-order valence-corrected chi connectivity index (χ1v) is 10.3. The number of carbonyl (C=O) groups excluding carboxylic acids is 3. The van der Waals surface area contributed by atoms with Crippen molar-refractivity contribution in [3.05, 3.63) is 30.0 Å². The number of benzene rings is 1. The fourth-order valence-corrected chi connectivity index (χ4v) is 4.68. The van der Waals surface area contributed by atoms with E-state index >= 15 is 0 Å². The van der Waals surface area contributed by atoms with E-state index in [4.69, 9.17) is 4.74 Å². The summed E-state index contributed by atoms with van der Waals surface area (Å²) < 4.78 is 9.97. The Labute approximate surface area is 174 Å². The monoisotopic (exact) mass is 413 g/mol. The molecule has 160 valence electrons. The molecule has 0 radical (unpaired) electrons. The van der Waals surface area contributed by atoms with Crippen LogP contribution in [0.2, 0.25) is 0 Å². The maximum Gasteiger partial charge on any atom is 0.307 e. The number of rotatable bonds is 6. The molecule has 2 aromatic rings. The quantitative estimate of drug-likeness (QED) is 0.705. The van der Waals surface area contributed by atoms with Gasteiger partial charge in [0.05, 0.1) is 20.6 Å². The molecule has 30 heavy (non-hydrogen) atoms. The molecule has 2 heterocycles. The molecule has 2 N–H and O–H groups in total. The predicted octanol–water partition coefficient (Wildman–Crippen LogP) is 1.95. The molecule has 2 fully saturated rings.